The van der Waals surface area contributed by atoms with E-state index in [1.54, 1.807) is 18.4 Å². The standard InChI is InChI=1S/C12H12F2N4S/c1-2-7-3-4-8(11(14)10(7)13)5-16-18-12-17-9(15)6-19-12/h3-6H,2,15H2,1H3,(H,17,18). The van der Waals surface area contributed by atoms with Gasteiger partial charge in [0.2, 0.25) is 5.13 Å². The van der Waals surface area contributed by atoms with Crippen LogP contribution in [0.1, 0.15) is 18.1 Å². The number of hydrogen-bond acceptors (Lipinski definition) is 5. The maximum Gasteiger partial charge on any atom is 0.205 e. The van der Waals surface area contributed by atoms with Crippen LogP contribution in [0.5, 0.6) is 0 Å². The van der Waals surface area contributed by atoms with Gasteiger partial charge in [-0.15, -0.1) is 11.3 Å². The van der Waals surface area contributed by atoms with Crippen LogP contribution in [0.25, 0.3) is 0 Å². The first-order chi connectivity index (χ1) is 9.11. The van der Waals surface area contributed by atoms with Gasteiger partial charge in [-0.2, -0.15) is 5.10 Å². The van der Waals surface area contributed by atoms with Gasteiger partial charge in [0.1, 0.15) is 5.82 Å². The van der Waals surface area contributed by atoms with Gasteiger partial charge in [0.15, 0.2) is 11.6 Å². The maximum absolute atomic E-state index is 13.7. The molecule has 0 radical (unpaired) electrons. The number of rotatable bonds is 4. The van der Waals surface area contributed by atoms with Crippen LogP contribution >= 0.6 is 11.3 Å². The van der Waals surface area contributed by atoms with Crippen LogP contribution in [0.15, 0.2) is 22.6 Å². The average Bonchev–Trinajstić information content (AvgIpc) is 2.81. The lowest BCUT2D eigenvalue weighted by Crippen LogP contribution is -1.99. The molecule has 1 aromatic heterocycles. The first-order valence-electron chi connectivity index (χ1n) is 5.58. The zero-order valence-corrected chi connectivity index (χ0v) is 11.0. The molecule has 100 valence electrons. The number of aryl methyl sites for hydroxylation is 1. The monoisotopic (exact) mass is 282 g/mol. The van der Waals surface area contributed by atoms with E-state index in [0.29, 0.717) is 22.9 Å². The summed E-state index contributed by atoms with van der Waals surface area (Å²) < 4.78 is 27.2. The fourth-order valence-corrected chi connectivity index (χ4v) is 2.02. The molecule has 0 atom stereocenters. The minimum absolute atomic E-state index is 0.0757. The number of nitrogens with one attached hydrogen (secondary N) is 1. The van der Waals surface area contributed by atoms with Gasteiger partial charge in [-0.3, -0.25) is 5.43 Å². The second-order valence-electron chi connectivity index (χ2n) is 3.74. The minimum Gasteiger partial charge on any atom is -0.383 e. The Balaban J connectivity index is 2.13. The fourth-order valence-electron chi connectivity index (χ4n) is 1.47. The smallest absolute Gasteiger partial charge is 0.205 e. The van der Waals surface area contributed by atoms with Crippen LogP contribution in [-0.2, 0) is 6.42 Å². The SMILES string of the molecule is CCc1ccc(C=NNc2nc(N)cs2)c(F)c1F. The van der Waals surface area contributed by atoms with Gasteiger partial charge in [0.05, 0.1) is 6.21 Å². The van der Waals surface area contributed by atoms with Crippen LogP contribution in [0.3, 0.4) is 0 Å². The van der Waals surface area contributed by atoms with Crippen molar-refractivity contribution >= 4 is 28.5 Å². The number of anilines is 2. The van der Waals surface area contributed by atoms with E-state index in [4.69, 9.17) is 5.73 Å². The Kier molecular flexibility index (Phi) is 4.06. The summed E-state index contributed by atoms with van der Waals surface area (Å²) in [6, 6.07) is 3.03. The van der Waals surface area contributed by atoms with Crippen LogP contribution in [0.4, 0.5) is 19.7 Å². The molecule has 4 nitrogen and oxygen atoms in total. The molecule has 1 aromatic carbocycles. The number of benzene rings is 1. The number of hydrogen-bond donors (Lipinski definition) is 2. The molecule has 0 aliphatic carbocycles. The normalized spacial score (nSPS) is 11.1. The highest BCUT2D eigenvalue weighted by Crippen LogP contribution is 2.17. The van der Waals surface area contributed by atoms with E-state index in [1.165, 1.54) is 23.6 Å². The fraction of sp³-hybridized carbons (Fsp3) is 0.167. The lowest BCUT2D eigenvalue weighted by atomic mass is 10.1. The molecule has 2 rings (SSSR count). The molecule has 1 heterocycles. The quantitative estimate of drug-likeness (QED) is 0.669. The van der Waals surface area contributed by atoms with E-state index < -0.39 is 11.6 Å². The summed E-state index contributed by atoms with van der Waals surface area (Å²) in [7, 11) is 0. The number of nitrogens with two attached hydrogens (primary N) is 1. The van der Waals surface area contributed by atoms with Crippen molar-refractivity contribution in [2.45, 2.75) is 13.3 Å². The van der Waals surface area contributed by atoms with E-state index in [2.05, 4.69) is 15.5 Å². The molecule has 0 bridgehead atoms. The Morgan fingerprint density at radius 3 is 2.84 bits per heavy atom. The molecule has 0 saturated heterocycles. The summed E-state index contributed by atoms with van der Waals surface area (Å²) in [6.45, 7) is 1.76. The van der Waals surface area contributed by atoms with Gasteiger partial charge >= 0.3 is 0 Å². The minimum atomic E-state index is -0.899. The number of aromatic nitrogens is 1. The lowest BCUT2D eigenvalue weighted by Gasteiger charge is -2.03. The highest BCUT2D eigenvalue weighted by Gasteiger charge is 2.10. The van der Waals surface area contributed by atoms with Crippen molar-refractivity contribution in [2.75, 3.05) is 11.2 Å². The Morgan fingerprint density at radius 2 is 2.21 bits per heavy atom. The van der Waals surface area contributed by atoms with E-state index in [0.717, 1.165) is 0 Å². The highest BCUT2D eigenvalue weighted by molar-refractivity contribution is 7.14. The van der Waals surface area contributed by atoms with Gasteiger partial charge < -0.3 is 5.73 Å². The van der Waals surface area contributed by atoms with Crippen molar-refractivity contribution in [1.29, 1.82) is 0 Å². The third-order valence-electron chi connectivity index (χ3n) is 2.46. The van der Waals surface area contributed by atoms with Crippen LogP contribution < -0.4 is 11.2 Å². The summed E-state index contributed by atoms with van der Waals surface area (Å²) >= 11 is 1.27. The predicted octanol–water partition coefficient (Wildman–Crippen LogP) is 3.01. The van der Waals surface area contributed by atoms with E-state index in [-0.39, 0.29) is 5.56 Å². The Labute approximate surface area is 113 Å². The average molecular weight is 282 g/mol. The molecular formula is C12H12F2N4S. The third kappa shape index (κ3) is 3.05. The van der Waals surface area contributed by atoms with Crippen LogP contribution in [-0.4, -0.2) is 11.2 Å². The summed E-state index contributed by atoms with van der Waals surface area (Å²) in [4.78, 5) is 3.91. The van der Waals surface area contributed by atoms with Gasteiger partial charge in [-0.1, -0.05) is 13.0 Å². The molecule has 0 spiro atoms. The van der Waals surface area contributed by atoms with Crippen LogP contribution in [0, 0.1) is 11.6 Å². The molecule has 0 unspecified atom stereocenters. The maximum atomic E-state index is 13.7. The van der Waals surface area contributed by atoms with E-state index in [1.807, 2.05) is 0 Å². The number of thiazole rings is 1. The summed E-state index contributed by atoms with van der Waals surface area (Å²) in [5.41, 5.74) is 8.45. The number of halogens is 2. The molecule has 2 aromatic rings. The summed E-state index contributed by atoms with van der Waals surface area (Å²) in [5, 5.41) is 5.93. The zero-order valence-electron chi connectivity index (χ0n) is 10.2. The van der Waals surface area contributed by atoms with Gasteiger partial charge in [-0.05, 0) is 18.1 Å². The van der Waals surface area contributed by atoms with E-state index in [9.17, 15) is 8.78 Å². The molecule has 0 aliphatic rings. The van der Waals surface area contributed by atoms with Crippen molar-refractivity contribution in [3.05, 3.63) is 40.3 Å². The second-order valence-corrected chi connectivity index (χ2v) is 4.60. The second kappa shape index (κ2) is 5.75. The molecule has 19 heavy (non-hydrogen) atoms. The van der Waals surface area contributed by atoms with Crippen molar-refractivity contribution in [3.63, 3.8) is 0 Å². The van der Waals surface area contributed by atoms with Gasteiger partial charge in [-0.25, -0.2) is 13.8 Å². The third-order valence-corrected chi connectivity index (χ3v) is 3.22. The van der Waals surface area contributed by atoms with Crippen molar-refractivity contribution in [3.8, 4) is 0 Å². The van der Waals surface area contributed by atoms with Crippen molar-refractivity contribution in [1.82, 2.24) is 4.98 Å². The first-order valence-corrected chi connectivity index (χ1v) is 6.46. The number of nitrogen functional groups attached to an aromatic ring is 1. The molecule has 3 N–H and O–H groups in total. The Hall–Kier alpha value is -2.02. The number of hydrazone groups is 1. The van der Waals surface area contributed by atoms with Crippen molar-refractivity contribution < 1.29 is 8.78 Å². The van der Waals surface area contributed by atoms with E-state index >= 15 is 0 Å². The van der Waals surface area contributed by atoms with Crippen molar-refractivity contribution in [2.24, 2.45) is 5.10 Å². The summed E-state index contributed by atoms with van der Waals surface area (Å²) in [5.74, 6) is -1.35. The predicted molar refractivity (Wildman–Crippen MR) is 73.5 cm³/mol. The largest absolute Gasteiger partial charge is 0.383 e. The van der Waals surface area contributed by atoms with Gasteiger partial charge in [0, 0.05) is 10.9 Å². The topological polar surface area (TPSA) is 63.3 Å². The molecule has 0 saturated carbocycles. The molecule has 0 amide bonds. The lowest BCUT2D eigenvalue weighted by molar-refractivity contribution is 0.499. The highest BCUT2D eigenvalue weighted by atomic mass is 32.1. The first kappa shape index (κ1) is 13.4. The Morgan fingerprint density at radius 1 is 1.42 bits per heavy atom. The van der Waals surface area contributed by atoms with Gasteiger partial charge in [0.25, 0.3) is 0 Å². The molecule has 0 aliphatic heterocycles. The molecule has 7 heteroatoms. The van der Waals surface area contributed by atoms with Crippen LogP contribution in [0.2, 0.25) is 0 Å². The molecule has 0 fully saturated rings. The number of nitrogens with zero attached hydrogens (tertiary/aromatic N) is 2. The zero-order chi connectivity index (χ0) is 13.8. The Bertz CT molecular complexity index is 610. The summed E-state index contributed by atoms with van der Waals surface area (Å²) in [6.07, 6.45) is 1.65. The molecular weight excluding hydrogens is 270 g/mol.